The monoisotopic (exact) mass is 404 g/mol. The number of benzene rings is 1. The molecule has 152 valence electrons. The molecule has 7 nitrogen and oxygen atoms in total. The first kappa shape index (κ1) is 20.5. The average molecular weight is 405 g/mol. The van der Waals surface area contributed by atoms with E-state index in [1.54, 1.807) is 31.6 Å². The van der Waals surface area contributed by atoms with Gasteiger partial charge in [-0.2, -0.15) is 5.10 Å². The molecule has 2 N–H and O–H groups in total. The van der Waals surface area contributed by atoms with E-state index in [0.717, 1.165) is 11.4 Å². The van der Waals surface area contributed by atoms with Gasteiger partial charge in [0.1, 0.15) is 0 Å². The zero-order valence-electron chi connectivity index (χ0n) is 16.6. The number of carbonyl (C=O) groups excluding carboxylic acids is 1. The number of anilines is 1. The van der Waals surface area contributed by atoms with Crippen molar-refractivity contribution in [3.8, 4) is 5.69 Å². The van der Waals surface area contributed by atoms with Crippen molar-refractivity contribution in [2.75, 3.05) is 5.32 Å². The molecule has 8 heteroatoms. The molecule has 0 aliphatic heterocycles. The zero-order chi connectivity index (χ0) is 20.4. The fraction of sp³-hybridized carbons (Fsp3) is 0.500. The summed E-state index contributed by atoms with van der Waals surface area (Å²) >= 11 is 0. The third-order valence-corrected chi connectivity index (χ3v) is 7.39. The lowest BCUT2D eigenvalue weighted by atomic mass is 9.86. The van der Waals surface area contributed by atoms with Gasteiger partial charge in [0.25, 0.3) is 0 Å². The summed E-state index contributed by atoms with van der Waals surface area (Å²) in [5.74, 6) is -0.106. The molecule has 0 radical (unpaired) electrons. The molecule has 0 unspecified atom stereocenters. The molecule has 28 heavy (non-hydrogen) atoms. The molecule has 0 saturated heterocycles. The van der Waals surface area contributed by atoms with Gasteiger partial charge in [0.05, 0.1) is 10.4 Å². The van der Waals surface area contributed by atoms with Crippen molar-refractivity contribution in [3.63, 3.8) is 0 Å². The molecule has 2 aromatic rings. The van der Waals surface area contributed by atoms with Crippen LogP contribution in [0.1, 0.15) is 46.5 Å². The molecule has 1 aliphatic carbocycles. The fourth-order valence-corrected chi connectivity index (χ4v) is 4.26. The van der Waals surface area contributed by atoms with Gasteiger partial charge < -0.3 is 5.32 Å². The molecule has 0 bridgehead atoms. The van der Waals surface area contributed by atoms with E-state index in [-0.39, 0.29) is 17.9 Å². The number of rotatable bonds is 5. The molecular weight excluding hydrogens is 376 g/mol. The number of hydrogen-bond acceptors (Lipinski definition) is 4. The Kier molecular flexibility index (Phi) is 5.90. The Morgan fingerprint density at radius 3 is 2.29 bits per heavy atom. The molecule has 1 aliphatic rings. The maximum Gasteiger partial charge on any atom is 0.227 e. The molecule has 1 heterocycles. The van der Waals surface area contributed by atoms with Crippen LogP contribution < -0.4 is 10.0 Å². The van der Waals surface area contributed by atoms with E-state index in [2.05, 4.69) is 15.1 Å². The number of nitrogens with one attached hydrogen (secondary N) is 2. The third kappa shape index (κ3) is 4.80. The van der Waals surface area contributed by atoms with Gasteiger partial charge in [-0.3, -0.25) is 4.79 Å². The zero-order valence-corrected chi connectivity index (χ0v) is 17.4. The van der Waals surface area contributed by atoms with Crippen LogP contribution in [0.3, 0.4) is 0 Å². The highest BCUT2D eigenvalue weighted by atomic mass is 32.2. The first-order chi connectivity index (χ1) is 13.2. The lowest BCUT2D eigenvalue weighted by Gasteiger charge is -2.30. The average Bonchev–Trinajstić information content (AvgIpc) is 3.16. The Labute approximate surface area is 166 Å². The van der Waals surface area contributed by atoms with Gasteiger partial charge in [-0.05, 0) is 76.8 Å². The molecule has 0 spiro atoms. The van der Waals surface area contributed by atoms with Gasteiger partial charge in [-0.25, -0.2) is 17.8 Å². The minimum absolute atomic E-state index is 0.0102. The van der Waals surface area contributed by atoms with E-state index in [0.29, 0.717) is 25.7 Å². The summed E-state index contributed by atoms with van der Waals surface area (Å²) < 4.78 is 28.3. The predicted octanol–water partition coefficient (Wildman–Crippen LogP) is 3.09. The lowest BCUT2D eigenvalue weighted by molar-refractivity contribution is -0.120. The predicted molar refractivity (Wildman–Crippen MR) is 110 cm³/mol. The highest BCUT2D eigenvalue weighted by Crippen LogP contribution is 2.27. The second kappa shape index (κ2) is 8.05. The second-order valence-corrected chi connectivity index (χ2v) is 10.7. The van der Waals surface area contributed by atoms with E-state index in [1.807, 2.05) is 36.5 Å². The van der Waals surface area contributed by atoms with Crippen LogP contribution in [0.25, 0.3) is 5.69 Å². The standard InChI is InChI=1S/C20H28N4O3S/c1-20(2,3)28(26,27)23-17-7-5-15(6-8-17)19(25)22-16-9-11-18(12-10-16)24-14-4-13-21-24/h4,9-15,17,23H,5-8H2,1-3H3,(H,22,25)/t15-,17-. The Balaban J connectivity index is 1.51. The smallest absolute Gasteiger partial charge is 0.227 e. The Bertz CT molecular complexity index is 892. The topological polar surface area (TPSA) is 93.1 Å². The van der Waals surface area contributed by atoms with E-state index in [1.165, 1.54) is 0 Å². The molecular formula is C20H28N4O3S. The van der Waals surface area contributed by atoms with Crippen LogP contribution in [0.15, 0.2) is 42.7 Å². The lowest BCUT2D eigenvalue weighted by Crippen LogP contribution is -2.46. The van der Waals surface area contributed by atoms with Gasteiger partial charge in [-0.1, -0.05) is 0 Å². The summed E-state index contributed by atoms with van der Waals surface area (Å²) in [7, 11) is -3.36. The number of hydrogen-bond donors (Lipinski definition) is 2. The summed E-state index contributed by atoms with van der Waals surface area (Å²) in [5, 5.41) is 7.14. The number of amides is 1. The molecule has 0 atom stereocenters. The van der Waals surface area contributed by atoms with Crippen LogP contribution in [-0.4, -0.2) is 34.9 Å². The summed E-state index contributed by atoms with van der Waals surface area (Å²) in [5.41, 5.74) is 1.67. The van der Waals surface area contributed by atoms with Gasteiger partial charge in [0.15, 0.2) is 0 Å². The van der Waals surface area contributed by atoms with Crippen molar-refractivity contribution >= 4 is 21.6 Å². The van der Waals surface area contributed by atoms with Gasteiger partial charge in [0, 0.05) is 30.0 Å². The van der Waals surface area contributed by atoms with Crippen molar-refractivity contribution in [2.45, 2.75) is 57.2 Å². The maximum absolute atomic E-state index is 12.6. The van der Waals surface area contributed by atoms with E-state index >= 15 is 0 Å². The quantitative estimate of drug-likeness (QED) is 0.801. The number of sulfonamides is 1. The number of aromatic nitrogens is 2. The maximum atomic E-state index is 12.6. The molecule has 1 fully saturated rings. The first-order valence-corrected chi connectivity index (χ1v) is 11.1. The fourth-order valence-electron chi connectivity index (χ4n) is 3.23. The first-order valence-electron chi connectivity index (χ1n) is 9.58. The highest BCUT2D eigenvalue weighted by Gasteiger charge is 2.34. The van der Waals surface area contributed by atoms with Crippen molar-refractivity contribution in [2.24, 2.45) is 5.92 Å². The Morgan fingerprint density at radius 2 is 1.75 bits per heavy atom. The number of nitrogens with zero attached hydrogens (tertiary/aromatic N) is 2. The molecule has 3 rings (SSSR count). The van der Waals surface area contributed by atoms with Crippen molar-refractivity contribution in [3.05, 3.63) is 42.7 Å². The summed E-state index contributed by atoms with van der Waals surface area (Å²) in [6, 6.07) is 9.28. The third-order valence-electron chi connectivity index (χ3n) is 5.13. The van der Waals surface area contributed by atoms with Crippen molar-refractivity contribution < 1.29 is 13.2 Å². The van der Waals surface area contributed by atoms with E-state index in [4.69, 9.17) is 0 Å². The van der Waals surface area contributed by atoms with Gasteiger partial charge in [0.2, 0.25) is 15.9 Å². The largest absolute Gasteiger partial charge is 0.326 e. The van der Waals surface area contributed by atoms with Crippen molar-refractivity contribution in [1.82, 2.24) is 14.5 Å². The molecule has 1 aromatic carbocycles. The molecule has 1 saturated carbocycles. The second-order valence-electron chi connectivity index (χ2n) is 8.27. The summed E-state index contributed by atoms with van der Waals surface area (Å²) in [6.07, 6.45) is 6.27. The number of carbonyl (C=O) groups is 1. The van der Waals surface area contributed by atoms with Crippen LogP contribution in [0.4, 0.5) is 5.69 Å². The normalized spacial score (nSPS) is 20.7. The van der Waals surface area contributed by atoms with Crippen LogP contribution in [0.5, 0.6) is 0 Å². The van der Waals surface area contributed by atoms with Crippen molar-refractivity contribution in [1.29, 1.82) is 0 Å². The summed E-state index contributed by atoms with van der Waals surface area (Å²) in [4.78, 5) is 12.6. The molecule has 1 aromatic heterocycles. The van der Waals surface area contributed by atoms with Crippen LogP contribution in [0.2, 0.25) is 0 Å². The van der Waals surface area contributed by atoms with E-state index in [9.17, 15) is 13.2 Å². The minimum atomic E-state index is -3.36. The minimum Gasteiger partial charge on any atom is -0.326 e. The van der Waals surface area contributed by atoms with Gasteiger partial charge in [-0.15, -0.1) is 0 Å². The van der Waals surface area contributed by atoms with E-state index < -0.39 is 14.8 Å². The Morgan fingerprint density at radius 1 is 1.11 bits per heavy atom. The summed E-state index contributed by atoms with van der Waals surface area (Å²) in [6.45, 7) is 5.06. The SMILES string of the molecule is CC(C)(C)S(=O)(=O)N[C@H]1CC[C@H](C(=O)Nc2ccc(-n3cccn3)cc2)CC1. The highest BCUT2D eigenvalue weighted by molar-refractivity contribution is 7.90. The van der Waals surface area contributed by atoms with Crippen LogP contribution in [0, 0.1) is 5.92 Å². The van der Waals surface area contributed by atoms with Crippen LogP contribution >= 0.6 is 0 Å². The van der Waals surface area contributed by atoms with Crippen LogP contribution in [-0.2, 0) is 14.8 Å². The molecule has 1 amide bonds. The Hall–Kier alpha value is -2.19. The van der Waals surface area contributed by atoms with Gasteiger partial charge >= 0.3 is 0 Å².